The zero-order chi connectivity index (χ0) is 16.8. The monoisotopic (exact) mass is 365 g/mol. The van der Waals surface area contributed by atoms with Gasteiger partial charge in [0.25, 0.3) is 0 Å². The van der Waals surface area contributed by atoms with E-state index in [4.69, 9.17) is 5.73 Å². The van der Waals surface area contributed by atoms with Gasteiger partial charge in [0, 0.05) is 31.1 Å². The van der Waals surface area contributed by atoms with E-state index in [1.807, 2.05) is 6.07 Å². The van der Waals surface area contributed by atoms with Gasteiger partial charge in [-0.05, 0) is 18.4 Å². The molecule has 1 aliphatic heterocycles. The molecule has 1 aromatic rings. The molecule has 3 N–H and O–H groups in total. The number of likely N-dealkylation sites (tertiary alicyclic amines) is 1. The molecule has 0 aromatic heterocycles. The summed E-state index contributed by atoms with van der Waals surface area (Å²) in [4.78, 5) is 14.6. The van der Waals surface area contributed by atoms with E-state index in [9.17, 15) is 4.79 Å². The largest absolute Gasteiger partial charge is 0.352 e. The first-order valence-corrected chi connectivity index (χ1v) is 9.54. The summed E-state index contributed by atoms with van der Waals surface area (Å²) in [6.45, 7) is 2.16. The van der Waals surface area contributed by atoms with Crippen LogP contribution in [0.4, 0.5) is 0 Å². The minimum atomic E-state index is 0. The van der Waals surface area contributed by atoms with Gasteiger partial charge in [0.1, 0.15) is 0 Å². The molecule has 140 valence electrons. The first-order chi connectivity index (χ1) is 11.7. The Hall–Kier alpha value is -1.10. The molecule has 1 saturated heterocycles. The first kappa shape index (κ1) is 20.2. The van der Waals surface area contributed by atoms with Crippen molar-refractivity contribution in [2.24, 2.45) is 5.73 Å². The molecular weight excluding hydrogens is 334 g/mol. The predicted octanol–water partition coefficient (Wildman–Crippen LogP) is 3.06. The summed E-state index contributed by atoms with van der Waals surface area (Å²) >= 11 is 0. The Morgan fingerprint density at radius 3 is 2.36 bits per heavy atom. The molecule has 1 aliphatic carbocycles. The van der Waals surface area contributed by atoms with Crippen molar-refractivity contribution in [3.63, 3.8) is 0 Å². The highest BCUT2D eigenvalue weighted by atomic mass is 35.5. The second kappa shape index (κ2) is 10.1. The van der Waals surface area contributed by atoms with Crippen molar-refractivity contribution in [1.29, 1.82) is 0 Å². The number of nitrogens with two attached hydrogens (primary N) is 1. The van der Waals surface area contributed by atoms with E-state index in [2.05, 4.69) is 34.5 Å². The number of carbonyl (C=O) groups is 1. The summed E-state index contributed by atoms with van der Waals surface area (Å²) in [5.41, 5.74) is 7.61. The number of hydrogen-bond donors (Lipinski definition) is 2. The van der Waals surface area contributed by atoms with Crippen LogP contribution >= 0.6 is 12.4 Å². The second-order valence-corrected chi connectivity index (χ2v) is 7.48. The van der Waals surface area contributed by atoms with Crippen LogP contribution in [0.15, 0.2) is 30.3 Å². The summed E-state index contributed by atoms with van der Waals surface area (Å²) < 4.78 is 0. The highest BCUT2D eigenvalue weighted by Crippen LogP contribution is 2.26. The van der Waals surface area contributed by atoms with Crippen molar-refractivity contribution in [2.75, 3.05) is 19.6 Å². The van der Waals surface area contributed by atoms with Crippen LogP contribution in [0.2, 0.25) is 0 Å². The van der Waals surface area contributed by atoms with Crippen LogP contribution in [0.5, 0.6) is 0 Å². The fourth-order valence-corrected chi connectivity index (χ4v) is 4.17. The van der Waals surface area contributed by atoms with Gasteiger partial charge < -0.3 is 11.1 Å². The standard InChI is InChI=1S/C20H31N3O.ClH/c21-19-14-23(13-18(19)16-9-5-4-6-10-16)15-20(24)22-17-11-7-2-1-3-8-12-17;/h4-6,9-10,17-19H,1-3,7-8,11-15,21H2,(H,22,24);1H/t18-,19+;/m0./s1. The molecule has 0 spiro atoms. The number of nitrogens with one attached hydrogen (secondary N) is 1. The van der Waals surface area contributed by atoms with Gasteiger partial charge in [-0.15, -0.1) is 12.4 Å². The lowest BCUT2D eigenvalue weighted by molar-refractivity contribution is -0.122. The normalized spacial score (nSPS) is 25.6. The third-order valence-corrected chi connectivity index (χ3v) is 5.51. The van der Waals surface area contributed by atoms with Crippen molar-refractivity contribution < 1.29 is 4.79 Å². The highest BCUT2D eigenvalue weighted by molar-refractivity contribution is 5.85. The topological polar surface area (TPSA) is 58.4 Å². The van der Waals surface area contributed by atoms with Gasteiger partial charge in [0.15, 0.2) is 0 Å². The molecule has 0 radical (unpaired) electrons. The number of benzene rings is 1. The Balaban J connectivity index is 0.00000225. The van der Waals surface area contributed by atoms with Crippen LogP contribution in [0.3, 0.4) is 0 Å². The molecule has 5 heteroatoms. The fraction of sp³-hybridized carbons (Fsp3) is 0.650. The van der Waals surface area contributed by atoms with E-state index in [-0.39, 0.29) is 24.4 Å². The Bertz CT molecular complexity index is 517. The van der Waals surface area contributed by atoms with Crippen molar-refractivity contribution in [3.05, 3.63) is 35.9 Å². The van der Waals surface area contributed by atoms with Gasteiger partial charge in [0.05, 0.1) is 6.54 Å². The van der Waals surface area contributed by atoms with Crippen LogP contribution in [0.1, 0.15) is 56.4 Å². The second-order valence-electron chi connectivity index (χ2n) is 7.48. The van der Waals surface area contributed by atoms with Gasteiger partial charge in [-0.3, -0.25) is 9.69 Å². The van der Waals surface area contributed by atoms with E-state index < -0.39 is 0 Å². The smallest absolute Gasteiger partial charge is 0.234 e. The number of carbonyl (C=O) groups excluding carboxylic acids is 1. The number of halogens is 1. The van der Waals surface area contributed by atoms with Crippen LogP contribution in [0, 0.1) is 0 Å². The molecule has 1 aromatic carbocycles. The molecule has 25 heavy (non-hydrogen) atoms. The zero-order valence-corrected chi connectivity index (χ0v) is 15.8. The first-order valence-electron chi connectivity index (χ1n) is 9.54. The molecule has 2 atom stereocenters. The molecule has 1 heterocycles. The average Bonchev–Trinajstić information content (AvgIpc) is 2.91. The van der Waals surface area contributed by atoms with E-state index in [1.54, 1.807) is 0 Å². The Kier molecular flexibility index (Phi) is 8.20. The molecule has 0 bridgehead atoms. The van der Waals surface area contributed by atoms with Crippen LogP contribution in [-0.2, 0) is 4.79 Å². The van der Waals surface area contributed by atoms with Crippen molar-refractivity contribution in [3.8, 4) is 0 Å². The highest BCUT2D eigenvalue weighted by Gasteiger charge is 2.32. The van der Waals surface area contributed by atoms with Gasteiger partial charge in [-0.2, -0.15) is 0 Å². The van der Waals surface area contributed by atoms with Crippen LogP contribution < -0.4 is 11.1 Å². The quantitative estimate of drug-likeness (QED) is 0.862. The lowest BCUT2D eigenvalue weighted by atomic mass is 9.95. The lowest BCUT2D eigenvalue weighted by Crippen LogP contribution is -2.42. The average molecular weight is 366 g/mol. The Morgan fingerprint density at radius 2 is 1.68 bits per heavy atom. The maximum absolute atomic E-state index is 12.4. The molecule has 1 saturated carbocycles. The predicted molar refractivity (Wildman–Crippen MR) is 105 cm³/mol. The molecule has 0 unspecified atom stereocenters. The van der Waals surface area contributed by atoms with Gasteiger partial charge in [-0.1, -0.05) is 62.4 Å². The molecular formula is C20H32ClN3O. The number of hydrogen-bond acceptors (Lipinski definition) is 3. The van der Waals surface area contributed by atoms with Gasteiger partial charge in [-0.25, -0.2) is 0 Å². The molecule has 1 amide bonds. The summed E-state index contributed by atoms with van der Waals surface area (Å²) in [6, 6.07) is 10.9. The van der Waals surface area contributed by atoms with E-state index in [1.165, 1.54) is 37.7 Å². The summed E-state index contributed by atoms with van der Waals surface area (Å²) in [7, 11) is 0. The fourth-order valence-electron chi connectivity index (χ4n) is 4.17. The Labute approximate surface area is 157 Å². The van der Waals surface area contributed by atoms with Crippen molar-refractivity contribution in [2.45, 2.75) is 62.9 Å². The van der Waals surface area contributed by atoms with Gasteiger partial charge >= 0.3 is 0 Å². The zero-order valence-electron chi connectivity index (χ0n) is 15.0. The maximum atomic E-state index is 12.4. The maximum Gasteiger partial charge on any atom is 0.234 e. The summed E-state index contributed by atoms with van der Waals surface area (Å²) in [5.74, 6) is 0.502. The van der Waals surface area contributed by atoms with Gasteiger partial charge in [0.2, 0.25) is 5.91 Å². The minimum absolute atomic E-state index is 0. The molecule has 3 rings (SSSR count). The summed E-state index contributed by atoms with van der Waals surface area (Å²) in [5, 5.41) is 3.26. The molecule has 2 aliphatic rings. The number of rotatable bonds is 4. The lowest BCUT2D eigenvalue weighted by Gasteiger charge is -2.23. The van der Waals surface area contributed by atoms with E-state index in [0.717, 1.165) is 25.9 Å². The number of amides is 1. The summed E-state index contributed by atoms with van der Waals surface area (Å²) in [6.07, 6.45) is 8.74. The SMILES string of the molecule is Cl.N[C@@H]1CN(CC(=O)NC2CCCCCCC2)C[C@H]1c1ccccc1. The van der Waals surface area contributed by atoms with Crippen LogP contribution in [-0.4, -0.2) is 42.5 Å². The van der Waals surface area contributed by atoms with E-state index >= 15 is 0 Å². The van der Waals surface area contributed by atoms with E-state index in [0.29, 0.717) is 18.5 Å². The Morgan fingerprint density at radius 1 is 1.04 bits per heavy atom. The van der Waals surface area contributed by atoms with Crippen LogP contribution in [0.25, 0.3) is 0 Å². The third kappa shape index (κ3) is 5.98. The van der Waals surface area contributed by atoms with Crippen molar-refractivity contribution >= 4 is 18.3 Å². The molecule has 4 nitrogen and oxygen atoms in total. The van der Waals surface area contributed by atoms with Crippen molar-refractivity contribution in [1.82, 2.24) is 10.2 Å². The minimum Gasteiger partial charge on any atom is -0.352 e. The third-order valence-electron chi connectivity index (χ3n) is 5.51. The number of nitrogens with zero attached hydrogens (tertiary/aromatic N) is 1. The molecule has 2 fully saturated rings.